The standard InChI is InChI=1S/C18H19N5O2/c24-17(20-13-5-2-1-3-6-13)21-14-8-11-23(12-9-14)18-22-16-15(25-18)7-4-10-19-16/h1-7,10,14H,8-9,11-12H2,(H2,20,21,24). The zero-order chi connectivity index (χ0) is 17.1. The van der Waals surface area contributed by atoms with Gasteiger partial charge in [-0.25, -0.2) is 9.78 Å². The zero-order valence-corrected chi connectivity index (χ0v) is 13.7. The van der Waals surface area contributed by atoms with Gasteiger partial charge in [0.05, 0.1) is 0 Å². The van der Waals surface area contributed by atoms with E-state index in [9.17, 15) is 4.79 Å². The summed E-state index contributed by atoms with van der Waals surface area (Å²) < 4.78 is 5.76. The van der Waals surface area contributed by atoms with Crippen LogP contribution in [-0.4, -0.2) is 35.1 Å². The molecule has 0 aliphatic carbocycles. The van der Waals surface area contributed by atoms with Crippen LogP contribution in [0.5, 0.6) is 0 Å². The molecule has 2 amide bonds. The van der Waals surface area contributed by atoms with Gasteiger partial charge in [-0.2, -0.15) is 4.98 Å². The van der Waals surface area contributed by atoms with Gasteiger partial charge in [-0.05, 0) is 37.1 Å². The molecule has 3 aromatic rings. The normalized spacial score (nSPS) is 15.3. The van der Waals surface area contributed by atoms with Crippen LogP contribution in [0.1, 0.15) is 12.8 Å². The quantitative estimate of drug-likeness (QED) is 0.767. The largest absolute Gasteiger partial charge is 0.422 e. The predicted molar refractivity (Wildman–Crippen MR) is 95.6 cm³/mol. The first-order chi connectivity index (χ1) is 12.3. The fourth-order valence-corrected chi connectivity index (χ4v) is 2.98. The van der Waals surface area contributed by atoms with E-state index in [1.165, 1.54) is 0 Å². The number of nitrogens with one attached hydrogen (secondary N) is 2. The predicted octanol–water partition coefficient (Wildman–Crippen LogP) is 3.01. The number of para-hydroxylation sites is 1. The first-order valence-corrected chi connectivity index (χ1v) is 8.37. The van der Waals surface area contributed by atoms with E-state index in [2.05, 4.69) is 25.5 Å². The summed E-state index contributed by atoms with van der Waals surface area (Å²) in [4.78, 5) is 22.8. The van der Waals surface area contributed by atoms with E-state index in [0.29, 0.717) is 17.2 Å². The lowest BCUT2D eigenvalue weighted by molar-refractivity contribution is 0.246. The summed E-state index contributed by atoms with van der Waals surface area (Å²) in [5.41, 5.74) is 2.11. The maximum atomic E-state index is 12.1. The lowest BCUT2D eigenvalue weighted by atomic mass is 10.1. The Bertz CT molecular complexity index is 823. The van der Waals surface area contributed by atoms with Gasteiger partial charge in [0.15, 0.2) is 5.58 Å². The molecule has 1 fully saturated rings. The Morgan fingerprint density at radius 3 is 2.68 bits per heavy atom. The number of oxazole rings is 1. The number of hydrogen-bond acceptors (Lipinski definition) is 5. The summed E-state index contributed by atoms with van der Waals surface area (Å²) >= 11 is 0. The first kappa shape index (κ1) is 15.4. The van der Waals surface area contributed by atoms with E-state index in [-0.39, 0.29) is 12.1 Å². The van der Waals surface area contributed by atoms with Crippen molar-refractivity contribution in [3.63, 3.8) is 0 Å². The Morgan fingerprint density at radius 1 is 1.12 bits per heavy atom. The molecule has 0 bridgehead atoms. The lowest BCUT2D eigenvalue weighted by Crippen LogP contribution is -2.46. The number of rotatable bonds is 3. The number of fused-ring (bicyclic) bond motifs is 1. The molecule has 1 aliphatic heterocycles. The fraction of sp³-hybridized carbons (Fsp3) is 0.278. The van der Waals surface area contributed by atoms with E-state index < -0.39 is 0 Å². The highest BCUT2D eigenvalue weighted by Gasteiger charge is 2.24. The number of aromatic nitrogens is 2. The van der Waals surface area contributed by atoms with E-state index in [4.69, 9.17) is 4.42 Å². The van der Waals surface area contributed by atoms with Crippen molar-refractivity contribution in [3.8, 4) is 0 Å². The van der Waals surface area contributed by atoms with Crippen LogP contribution in [0, 0.1) is 0 Å². The highest BCUT2D eigenvalue weighted by atomic mass is 16.4. The van der Waals surface area contributed by atoms with Gasteiger partial charge >= 0.3 is 6.03 Å². The summed E-state index contributed by atoms with van der Waals surface area (Å²) in [6.07, 6.45) is 3.39. The number of carbonyl (C=O) groups is 1. The molecule has 0 atom stereocenters. The molecular formula is C18H19N5O2. The van der Waals surface area contributed by atoms with Crippen LogP contribution in [0.2, 0.25) is 0 Å². The Hall–Kier alpha value is -3.09. The summed E-state index contributed by atoms with van der Waals surface area (Å²) in [7, 11) is 0. The summed E-state index contributed by atoms with van der Waals surface area (Å²) in [5, 5.41) is 5.87. The number of pyridine rings is 1. The molecule has 7 nitrogen and oxygen atoms in total. The summed E-state index contributed by atoms with van der Waals surface area (Å²) in [6.45, 7) is 1.56. The van der Waals surface area contributed by atoms with Crippen LogP contribution in [0.15, 0.2) is 53.1 Å². The first-order valence-electron chi connectivity index (χ1n) is 8.37. The van der Waals surface area contributed by atoms with Crippen molar-refractivity contribution in [2.75, 3.05) is 23.3 Å². The lowest BCUT2D eigenvalue weighted by Gasteiger charge is -2.31. The third-order valence-electron chi connectivity index (χ3n) is 4.29. The van der Waals surface area contributed by atoms with Crippen molar-refractivity contribution in [1.29, 1.82) is 0 Å². The number of piperidine rings is 1. The van der Waals surface area contributed by atoms with E-state index >= 15 is 0 Å². The SMILES string of the molecule is O=C(Nc1ccccc1)NC1CCN(c2nc3ncccc3o2)CC1. The van der Waals surface area contributed by atoms with E-state index in [0.717, 1.165) is 31.6 Å². The minimum atomic E-state index is -0.171. The Labute approximate surface area is 145 Å². The van der Waals surface area contributed by atoms with Crippen molar-refractivity contribution >= 4 is 29.0 Å². The van der Waals surface area contributed by atoms with Gasteiger partial charge in [-0.3, -0.25) is 0 Å². The number of amides is 2. The number of anilines is 2. The molecule has 3 heterocycles. The van der Waals surface area contributed by atoms with Crippen molar-refractivity contribution in [3.05, 3.63) is 48.7 Å². The highest BCUT2D eigenvalue weighted by Crippen LogP contribution is 2.23. The molecule has 1 aromatic carbocycles. The monoisotopic (exact) mass is 337 g/mol. The van der Waals surface area contributed by atoms with Crippen molar-refractivity contribution in [2.45, 2.75) is 18.9 Å². The average Bonchev–Trinajstić information content (AvgIpc) is 3.07. The zero-order valence-electron chi connectivity index (χ0n) is 13.7. The molecule has 128 valence electrons. The highest BCUT2D eigenvalue weighted by molar-refractivity contribution is 5.89. The van der Waals surface area contributed by atoms with Crippen molar-refractivity contribution in [1.82, 2.24) is 15.3 Å². The molecule has 4 rings (SSSR count). The van der Waals surface area contributed by atoms with Gasteiger partial charge in [0.2, 0.25) is 5.65 Å². The second kappa shape index (κ2) is 6.80. The molecule has 0 spiro atoms. The molecule has 0 radical (unpaired) electrons. The number of carbonyl (C=O) groups excluding carboxylic acids is 1. The maximum Gasteiger partial charge on any atom is 0.319 e. The third-order valence-corrected chi connectivity index (χ3v) is 4.29. The summed E-state index contributed by atoms with van der Waals surface area (Å²) in [5.74, 6) is 0. The molecule has 2 N–H and O–H groups in total. The fourth-order valence-electron chi connectivity index (χ4n) is 2.98. The van der Waals surface area contributed by atoms with Crippen LogP contribution in [0.25, 0.3) is 11.2 Å². The molecule has 0 saturated carbocycles. The molecule has 1 saturated heterocycles. The van der Waals surface area contributed by atoms with E-state index in [1.54, 1.807) is 6.20 Å². The number of urea groups is 1. The molecule has 25 heavy (non-hydrogen) atoms. The van der Waals surface area contributed by atoms with Gasteiger partial charge in [0, 0.05) is 31.0 Å². The second-order valence-electron chi connectivity index (χ2n) is 6.05. The average molecular weight is 337 g/mol. The van der Waals surface area contributed by atoms with Crippen molar-refractivity contribution in [2.24, 2.45) is 0 Å². The number of nitrogens with zero attached hydrogens (tertiary/aromatic N) is 3. The summed E-state index contributed by atoms with van der Waals surface area (Å²) in [6, 6.07) is 13.7. The smallest absolute Gasteiger partial charge is 0.319 e. The van der Waals surface area contributed by atoms with Crippen LogP contribution < -0.4 is 15.5 Å². The maximum absolute atomic E-state index is 12.1. The minimum Gasteiger partial charge on any atom is -0.422 e. The van der Waals surface area contributed by atoms with Gasteiger partial charge in [0.1, 0.15) is 0 Å². The van der Waals surface area contributed by atoms with Gasteiger partial charge < -0.3 is 20.0 Å². The van der Waals surface area contributed by atoms with Crippen LogP contribution in [-0.2, 0) is 0 Å². The van der Waals surface area contributed by atoms with Crippen LogP contribution in [0.3, 0.4) is 0 Å². The van der Waals surface area contributed by atoms with Crippen molar-refractivity contribution < 1.29 is 9.21 Å². The molecule has 0 unspecified atom stereocenters. The van der Waals surface area contributed by atoms with Gasteiger partial charge in [-0.15, -0.1) is 0 Å². The second-order valence-corrected chi connectivity index (χ2v) is 6.05. The molecular weight excluding hydrogens is 318 g/mol. The third kappa shape index (κ3) is 3.55. The Morgan fingerprint density at radius 2 is 1.92 bits per heavy atom. The Balaban J connectivity index is 1.31. The van der Waals surface area contributed by atoms with Crippen LogP contribution >= 0.6 is 0 Å². The molecule has 2 aromatic heterocycles. The molecule has 7 heteroatoms. The number of hydrogen-bond donors (Lipinski definition) is 2. The topological polar surface area (TPSA) is 83.3 Å². The van der Waals surface area contributed by atoms with E-state index in [1.807, 2.05) is 42.5 Å². The number of benzene rings is 1. The van der Waals surface area contributed by atoms with Gasteiger partial charge in [0.25, 0.3) is 6.01 Å². The minimum absolute atomic E-state index is 0.141. The Kier molecular flexibility index (Phi) is 4.20. The van der Waals surface area contributed by atoms with Gasteiger partial charge in [-0.1, -0.05) is 18.2 Å². The molecule has 1 aliphatic rings. The van der Waals surface area contributed by atoms with Crippen LogP contribution in [0.4, 0.5) is 16.5 Å².